The molecule has 1 aromatic carbocycles. The molecule has 3 nitrogen and oxygen atoms in total. The molecule has 0 fully saturated rings. The van der Waals surface area contributed by atoms with Crippen LogP contribution in [0.1, 0.15) is 26.3 Å². The van der Waals surface area contributed by atoms with Crippen molar-refractivity contribution < 1.29 is 14.6 Å². The summed E-state index contributed by atoms with van der Waals surface area (Å²) < 4.78 is 5.86. The van der Waals surface area contributed by atoms with Crippen LogP contribution in [0.4, 0.5) is 0 Å². The second kappa shape index (κ2) is 6.81. The molecule has 0 bridgehead atoms. The molecule has 122 valence electrons. The molecule has 0 saturated heterocycles. The number of allylic oxidation sites excluding steroid dienone is 3. The number of benzene rings is 1. The Morgan fingerprint density at radius 1 is 1.30 bits per heavy atom. The van der Waals surface area contributed by atoms with Crippen molar-refractivity contribution in [1.82, 2.24) is 0 Å². The SMILES string of the molecule is CC(/C=C/C1=Cc2cc(Cl)c(Cl)cc2OCC1(C)C)=C\C(=O)O. The fourth-order valence-electron chi connectivity index (χ4n) is 2.22. The van der Waals surface area contributed by atoms with Crippen LogP contribution in [0.3, 0.4) is 0 Å². The summed E-state index contributed by atoms with van der Waals surface area (Å²) >= 11 is 12.1. The van der Waals surface area contributed by atoms with E-state index in [4.69, 9.17) is 33.0 Å². The molecule has 0 aliphatic carbocycles. The van der Waals surface area contributed by atoms with Crippen LogP contribution < -0.4 is 4.74 Å². The molecule has 0 spiro atoms. The van der Waals surface area contributed by atoms with Crippen molar-refractivity contribution in [2.75, 3.05) is 6.61 Å². The zero-order valence-electron chi connectivity index (χ0n) is 13.2. The first-order valence-electron chi connectivity index (χ1n) is 7.12. The topological polar surface area (TPSA) is 46.5 Å². The predicted octanol–water partition coefficient (Wildman–Crippen LogP) is 5.38. The molecule has 1 aliphatic heterocycles. The zero-order valence-corrected chi connectivity index (χ0v) is 14.7. The maximum absolute atomic E-state index is 10.7. The molecule has 0 saturated carbocycles. The van der Waals surface area contributed by atoms with Crippen LogP contribution in [0, 0.1) is 5.41 Å². The van der Waals surface area contributed by atoms with Crippen LogP contribution in [-0.2, 0) is 4.79 Å². The Bertz CT molecular complexity index is 728. The number of rotatable bonds is 3. The molecule has 0 unspecified atom stereocenters. The first kappa shape index (κ1) is 17.6. The minimum atomic E-state index is -0.962. The predicted molar refractivity (Wildman–Crippen MR) is 94.2 cm³/mol. The highest BCUT2D eigenvalue weighted by Gasteiger charge is 2.26. The third kappa shape index (κ3) is 4.40. The lowest BCUT2D eigenvalue weighted by atomic mass is 9.84. The van der Waals surface area contributed by atoms with Crippen molar-refractivity contribution in [3.05, 3.63) is 57.1 Å². The third-order valence-electron chi connectivity index (χ3n) is 3.61. The number of ether oxygens (including phenoxy) is 1. The Kier molecular flexibility index (Phi) is 5.23. The molecule has 1 heterocycles. The molecule has 23 heavy (non-hydrogen) atoms. The Balaban J connectivity index is 2.45. The van der Waals surface area contributed by atoms with Gasteiger partial charge in [-0.05, 0) is 30.2 Å². The Morgan fingerprint density at radius 2 is 1.96 bits per heavy atom. The van der Waals surface area contributed by atoms with Gasteiger partial charge in [0.25, 0.3) is 0 Å². The van der Waals surface area contributed by atoms with Crippen molar-refractivity contribution in [2.45, 2.75) is 20.8 Å². The van der Waals surface area contributed by atoms with E-state index in [1.54, 1.807) is 25.1 Å². The summed E-state index contributed by atoms with van der Waals surface area (Å²) in [6.45, 7) is 6.36. The monoisotopic (exact) mass is 352 g/mol. The summed E-state index contributed by atoms with van der Waals surface area (Å²) in [7, 11) is 0. The van der Waals surface area contributed by atoms with E-state index in [-0.39, 0.29) is 5.41 Å². The number of halogens is 2. The molecule has 2 rings (SSSR count). The van der Waals surface area contributed by atoms with Crippen molar-refractivity contribution in [3.63, 3.8) is 0 Å². The Morgan fingerprint density at radius 3 is 2.61 bits per heavy atom. The number of carbonyl (C=O) groups is 1. The number of hydrogen-bond acceptors (Lipinski definition) is 2. The van der Waals surface area contributed by atoms with Crippen molar-refractivity contribution in [1.29, 1.82) is 0 Å². The van der Waals surface area contributed by atoms with E-state index < -0.39 is 5.97 Å². The van der Waals surface area contributed by atoms with E-state index in [2.05, 4.69) is 13.8 Å². The molecule has 1 aliphatic rings. The van der Waals surface area contributed by atoms with Gasteiger partial charge >= 0.3 is 5.97 Å². The minimum Gasteiger partial charge on any atom is -0.492 e. The molecular weight excluding hydrogens is 335 g/mol. The van der Waals surface area contributed by atoms with Crippen LogP contribution in [0.15, 0.2) is 41.5 Å². The van der Waals surface area contributed by atoms with Crippen LogP contribution in [0.25, 0.3) is 6.08 Å². The third-order valence-corrected chi connectivity index (χ3v) is 4.33. The van der Waals surface area contributed by atoms with Crippen LogP contribution in [0.2, 0.25) is 10.0 Å². The van der Waals surface area contributed by atoms with E-state index >= 15 is 0 Å². The summed E-state index contributed by atoms with van der Waals surface area (Å²) in [4.78, 5) is 10.7. The number of aliphatic carboxylic acids is 1. The Labute approximate surface area is 145 Å². The van der Waals surface area contributed by atoms with Gasteiger partial charge in [0.15, 0.2) is 0 Å². The molecule has 0 amide bonds. The van der Waals surface area contributed by atoms with Gasteiger partial charge in [-0.2, -0.15) is 0 Å². The Hall–Kier alpha value is -1.71. The van der Waals surface area contributed by atoms with Gasteiger partial charge in [-0.1, -0.05) is 49.2 Å². The second-order valence-corrected chi connectivity index (χ2v) is 6.95. The lowest BCUT2D eigenvalue weighted by Crippen LogP contribution is -2.21. The van der Waals surface area contributed by atoms with Crippen molar-refractivity contribution in [2.24, 2.45) is 5.41 Å². The van der Waals surface area contributed by atoms with Gasteiger partial charge in [0.05, 0.1) is 16.7 Å². The second-order valence-electron chi connectivity index (χ2n) is 6.14. The number of fused-ring (bicyclic) bond motifs is 1. The van der Waals surface area contributed by atoms with E-state index in [0.29, 0.717) is 28.0 Å². The van der Waals surface area contributed by atoms with E-state index in [1.807, 2.05) is 12.2 Å². The molecule has 1 N–H and O–H groups in total. The van der Waals surface area contributed by atoms with E-state index in [9.17, 15) is 4.79 Å². The van der Waals surface area contributed by atoms with Gasteiger partial charge < -0.3 is 9.84 Å². The first-order chi connectivity index (χ1) is 10.7. The van der Waals surface area contributed by atoms with Gasteiger partial charge in [-0.3, -0.25) is 0 Å². The fourth-order valence-corrected chi connectivity index (χ4v) is 2.55. The number of hydrogen-bond donors (Lipinski definition) is 1. The average molecular weight is 353 g/mol. The van der Waals surface area contributed by atoms with Crippen LogP contribution >= 0.6 is 23.2 Å². The van der Waals surface area contributed by atoms with Gasteiger partial charge in [-0.25, -0.2) is 4.79 Å². The summed E-state index contributed by atoms with van der Waals surface area (Å²) in [6.07, 6.45) is 6.86. The molecule has 1 aromatic rings. The normalized spacial score (nSPS) is 17.3. The lowest BCUT2D eigenvalue weighted by Gasteiger charge is -2.24. The maximum Gasteiger partial charge on any atom is 0.328 e. The standard InChI is InChI=1S/C18H18Cl2O3/c1-11(6-17(21)22)4-5-13-7-12-8-14(19)15(20)9-16(12)23-10-18(13,2)3/h4-9H,10H2,1-3H3,(H,21,22)/b5-4+,11-6+. The van der Waals surface area contributed by atoms with Crippen LogP contribution in [-0.4, -0.2) is 17.7 Å². The van der Waals surface area contributed by atoms with Gasteiger partial charge in [0.2, 0.25) is 0 Å². The molecule has 0 radical (unpaired) electrons. The van der Waals surface area contributed by atoms with Gasteiger partial charge in [0.1, 0.15) is 5.75 Å². The quantitative estimate of drug-likeness (QED) is 0.586. The average Bonchev–Trinajstić information content (AvgIpc) is 2.54. The highest BCUT2D eigenvalue weighted by Crippen LogP contribution is 2.39. The molecule has 5 heteroatoms. The molecule has 0 aromatic heterocycles. The number of carboxylic acids is 1. The largest absolute Gasteiger partial charge is 0.492 e. The zero-order chi connectivity index (χ0) is 17.2. The van der Waals surface area contributed by atoms with Crippen molar-refractivity contribution in [3.8, 4) is 5.75 Å². The van der Waals surface area contributed by atoms with Gasteiger partial charge in [0, 0.05) is 23.1 Å². The highest BCUT2D eigenvalue weighted by molar-refractivity contribution is 6.42. The fraction of sp³-hybridized carbons (Fsp3) is 0.278. The smallest absolute Gasteiger partial charge is 0.328 e. The van der Waals surface area contributed by atoms with Crippen molar-refractivity contribution >= 4 is 35.2 Å². The number of carboxylic acid groups (broad SMARTS) is 1. The summed E-state index contributed by atoms with van der Waals surface area (Å²) in [5, 5.41) is 9.71. The van der Waals surface area contributed by atoms with Crippen LogP contribution in [0.5, 0.6) is 5.75 Å². The summed E-state index contributed by atoms with van der Waals surface area (Å²) in [5.74, 6) is -0.273. The molecule has 0 atom stereocenters. The first-order valence-corrected chi connectivity index (χ1v) is 7.88. The minimum absolute atomic E-state index is 0.238. The summed E-state index contributed by atoms with van der Waals surface area (Å²) in [5.41, 5.74) is 2.30. The highest BCUT2D eigenvalue weighted by atomic mass is 35.5. The van der Waals surface area contributed by atoms with E-state index in [1.165, 1.54) is 6.08 Å². The lowest BCUT2D eigenvalue weighted by molar-refractivity contribution is -0.131. The van der Waals surface area contributed by atoms with E-state index in [0.717, 1.165) is 11.1 Å². The molecular formula is C18H18Cl2O3. The summed E-state index contributed by atoms with van der Waals surface area (Å²) in [6, 6.07) is 3.49. The maximum atomic E-state index is 10.7. The van der Waals surface area contributed by atoms with Gasteiger partial charge in [-0.15, -0.1) is 0 Å².